The van der Waals surface area contributed by atoms with Gasteiger partial charge in [0, 0.05) is 5.41 Å². The van der Waals surface area contributed by atoms with Gasteiger partial charge >= 0.3 is 0 Å². The second-order valence-electron chi connectivity index (χ2n) is 5.01. The van der Waals surface area contributed by atoms with Crippen LogP contribution in [-0.2, 0) is 11.8 Å². The number of nitrogens with zero attached hydrogens (tertiary/aromatic N) is 2. The Morgan fingerprint density at radius 1 is 1.12 bits per heavy atom. The van der Waals surface area contributed by atoms with Crippen LogP contribution < -0.4 is 0 Å². The van der Waals surface area contributed by atoms with Crippen molar-refractivity contribution in [1.29, 1.82) is 0 Å². The normalized spacial score (nSPS) is 18.4. The zero-order chi connectivity index (χ0) is 11.6. The molecule has 1 saturated carbocycles. The Bertz CT molecular complexity index is 455. The first-order valence-corrected chi connectivity index (χ1v) is 6.29. The van der Waals surface area contributed by atoms with Crippen LogP contribution in [0.4, 0.5) is 0 Å². The predicted octanol–water partition coefficient (Wildman–Crippen LogP) is 2.86. The molecule has 0 amide bonds. The predicted molar refractivity (Wildman–Crippen MR) is 66.7 cm³/mol. The van der Waals surface area contributed by atoms with Gasteiger partial charge in [0.2, 0.25) is 0 Å². The molecular weight excluding hydrogens is 210 g/mol. The summed E-state index contributed by atoms with van der Waals surface area (Å²) in [6.07, 6.45) is 8.05. The first kappa shape index (κ1) is 10.5. The van der Waals surface area contributed by atoms with Gasteiger partial charge in [-0.2, -0.15) is 15.4 Å². The van der Waals surface area contributed by atoms with Crippen molar-refractivity contribution in [3.63, 3.8) is 0 Å². The molecule has 1 fully saturated rings. The zero-order valence-corrected chi connectivity index (χ0v) is 9.89. The fraction of sp³-hybridized carbons (Fsp3) is 0.429. The number of hydrogen-bond acceptors (Lipinski definition) is 2. The number of aromatic amines is 1. The number of benzene rings is 1. The van der Waals surface area contributed by atoms with Crippen LogP contribution in [0.2, 0.25) is 0 Å². The van der Waals surface area contributed by atoms with Gasteiger partial charge in [-0.1, -0.05) is 43.2 Å². The fourth-order valence-corrected chi connectivity index (χ4v) is 3.02. The summed E-state index contributed by atoms with van der Waals surface area (Å²) in [5.74, 6) is 0. The molecule has 0 atom stereocenters. The van der Waals surface area contributed by atoms with E-state index in [0.29, 0.717) is 0 Å². The minimum Gasteiger partial charge on any atom is -0.198 e. The summed E-state index contributed by atoms with van der Waals surface area (Å²) in [6, 6.07) is 10.7. The second kappa shape index (κ2) is 4.32. The highest BCUT2D eigenvalue weighted by molar-refractivity contribution is 5.24. The molecule has 0 unspecified atom stereocenters. The summed E-state index contributed by atoms with van der Waals surface area (Å²) in [7, 11) is 0. The molecule has 1 heterocycles. The molecule has 0 radical (unpaired) electrons. The quantitative estimate of drug-likeness (QED) is 0.876. The Balaban J connectivity index is 1.91. The van der Waals surface area contributed by atoms with Crippen LogP contribution in [0.5, 0.6) is 0 Å². The molecule has 3 heteroatoms. The van der Waals surface area contributed by atoms with Crippen LogP contribution in [0.1, 0.15) is 36.9 Å². The summed E-state index contributed by atoms with van der Waals surface area (Å²) < 4.78 is 0. The van der Waals surface area contributed by atoms with E-state index in [4.69, 9.17) is 0 Å². The lowest BCUT2D eigenvalue weighted by Crippen LogP contribution is -2.25. The van der Waals surface area contributed by atoms with Gasteiger partial charge in [-0.25, -0.2) is 0 Å². The van der Waals surface area contributed by atoms with Crippen LogP contribution in [0.25, 0.3) is 0 Å². The molecule has 1 aromatic heterocycles. The Labute approximate surface area is 101 Å². The molecule has 1 aromatic carbocycles. The van der Waals surface area contributed by atoms with E-state index < -0.39 is 0 Å². The van der Waals surface area contributed by atoms with E-state index in [-0.39, 0.29) is 5.41 Å². The Hall–Kier alpha value is -1.64. The van der Waals surface area contributed by atoms with Crippen molar-refractivity contribution in [3.05, 3.63) is 47.8 Å². The zero-order valence-electron chi connectivity index (χ0n) is 9.89. The van der Waals surface area contributed by atoms with E-state index in [1.807, 2.05) is 6.20 Å². The van der Waals surface area contributed by atoms with Gasteiger partial charge in [0.05, 0.1) is 11.9 Å². The lowest BCUT2D eigenvalue weighted by Gasteiger charge is -2.26. The first-order valence-electron chi connectivity index (χ1n) is 6.29. The molecule has 0 aliphatic heterocycles. The highest BCUT2D eigenvalue weighted by atomic mass is 15.3. The summed E-state index contributed by atoms with van der Waals surface area (Å²) in [5, 5.41) is 11.1. The average molecular weight is 227 g/mol. The standard InChI is InChI=1S/C14H17N3/c1-2-6-12(7-3-1)10-14(8-4-5-9-14)13-11-15-17-16-13/h1-3,6-7,11H,4-5,8-10H2,(H,15,16,17). The van der Waals surface area contributed by atoms with Crippen LogP contribution in [-0.4, -0.2) is 15.4 Å². The molecule has 3 nitrogen and oxygen atoms in total. The molecule has 2 aromatic rings. The SMILES string of the molecule is c1ccc(CC2(c3cn[nH]n3)CCCC2)cc1. The molecule has 17 heavy (non-hydrogen) atoms. The van der Waals surface area contributed by atoms with Crippen molar-refractivity contribution in [2.24, 2.45) is 0 Å². The van der Waals surface area contributed by atoms with Gasteiger partial charge in [-0.3, -0.25) is 0 Å². The highest BCUT2D eigenvalue weighted by Crippen LogP contribution is 2.42. The maximum absolute atomic E-state index is 4.33. The van der Waals surface area contributed by atoms with E-state index in [2.05, 4.69) is 45.7 Å². The van der Waals surface area contributed by atoms with Gasteiger partial charge in [-0.15, -0.1) is 0 Å². The fourth-order valence-electron chi connectivity index (χ4n) is 3.02. The molecule has 3 rings (SSSR count). The van der Waals surface area contributed by atoms with Crippen LogP contribution in [0.15, 0.2) is 36.5 Å². The average Bonchev–Trinajstić information content (AvgIpc) is 3.01. The summed E-state index contributed by atoms with van der Waals surface area (Å²) in [6.45, 7) is 0. The lowest BCUT2D eigenvalue weighted by molar-refractivity contribution is 0.424. The number of rotatable bonds is 3. The van der Waals surface area contributed by atoms with Crippen molar-refractivity contribution < 1.29 is 0 Å². The third-order valence-electron chi connectivity index (χ3n) is 3.90. The van der Waals surface area contributed by atoms with Crippen LogP contribution >= 0.6 is 0 Å². The minimum atomic E-state index is 0.217. The van der Waals surface area contributed by atoms with Gasteiger partial charge < -0.3 is 0 Å². The van der Waals surface area contributed by atoms with Crippen molar-refractivity contribution in [1.82, 2.24) is 15.4 Å². The van der Waals surface area contributed by atoms with Gasteiger partial charge in [-0.05, 0) is 24.8 Å². The molecule has 88 valence electrons. The third kappa shape index (κ3) is 1.97. The van der Waals surface area contributed by atoms with E-state index in [9.17, 15) is 0 Å². The lowest BCUT2D eigenvalue weighted by atomic mass is 9.77. The van der Waals surface area contributed by atoms with E-state index in [0.717, 1.165) is 12.1 Å². The monoisotopic (exact) mass is 227 g/mol. The van der Waals surface area contributed by atoms with E-state index >= 15 is 0 Å². The topological polar surface area (TPSA) is 41.6 Å². The van der Waals surface area contributed by atoms with Crippen molar-refractivity contribution in [3.8, 4) is 0 Å². The summed E-state index contributed by atoms with van der Waals surface area (Å²) in [5.41, 5.74) is 2.75. The minimum absolute atomic E-state index is 0.217. The number of H-pyrrole nitrogens is 1. The smallest absolute Gasteiger partial charge is 0.0889 e. The van der Waals surface area contributed by atoms with E-state index in [1.54, 1.807) is 0 Å². The number of hydrogen-bond donors (Lipinski definition) is 1. The van der Waals surface area contributed by atoms with Crippen molar-refractivity contribution in [2.75, 3.05) is 0 Å². The molecule has 0 bridgehead atoms. The van der Waals surface area contributed by atoms with Crippen LogP contribution in [0, 0.1) is 0 Å². The van der Waals surface area contributed by atoms with Gasteiger partial charge in [0.15, 0.2) is 0 Å². The van der Waals surface area contributed by atoms with Crippen LogP contribution in [0.3, 0.4) is 0 Å². The third-order valence-corrected chi connectivity index (χ3v) is 3.90. The molecule has 1 aliphatic carbocycles. The van der Waals surface area contributed by atoms with Crippen molar-refractivity contribution in [2.45, 2.75) is 37.5 Å². The number of aromatic nitrogens is 3. The number of nitrogens with one attached hydrogen (secondary N) is 1. The molecule has 1 aliphatic rings. The molecule has 0 saturated heterocycles. The second-order valence-corrected chi connectivity index (χ2v) is 5.01. The maximum Gasteiger partial charge on any atom is 0.0889 e. The Kier molecular flexibility index (Phi) is 2.67. The van der Waals surface area contributed by atoms with Gasteiger partial charge in [0.25, 0.3) is 0 Å². The molecule has 1 N–H and O–H groups in total. The summed E-state index contributed by atoms with van der Waals surface area (Å²) >= 11 is 0. The highest BCUT2D eigenvalue weighted by Gasteiger charge is 2.37. The Morgan fingerprint density at radius 3 is 2.53 bits per heavy atom. The molecular formula is C14H17N3. The largest absolute Gasteiger partial charge is 0.198 e. The maximum atomic E-state index is 4.33. The van der Waals surface area contributed by atoms with Crippen molar-refractivity contribution >= 4 is 0 Å². The molecule has 0 spiro atoms. The Morgan fingerprint density at radius 2 is 1.88 bits per heavy atom. The van der Waals surface area contributed by atoms with Gasteiger partial charge in [0.1, 0.15) is 0 Å². The van der Waals surface area contributed by atoms with E-state index in [1.165, 1.54) is 31.2 Å². The first-order chi connectivity index (χ1) is 8.39. The summed E-state index contributed by atoms with van der Waals surface area (Å²) in [4.78, 5) is 0.